The number of hydrogen-bond acceptors (Lipinski definition) is 4. The van der Waals surface area contributed by atoms with Crippen molar-refractivity contribution < 1.29 is 14.3 Å². The maximum atomic E-state index is 11.2. The van der Waals surface area contributed by atoms with Crippen molar-refractivity contribution in [3.8, 4) is 0 Å². The van der Waals surface area contributed by atoms with E-state index in [1.165, 1.54) is 13.2 Å². The van der Waals surface area contributed by atoms with E-state index < -0.39 is 11.2 Å². The lowest BCUT2D eigenvalue weighted by Crippen LogP contribution is -2.11. The predicted octanol–water partition coefficient (Wildman–Crippen LogP) is 1.56. The number of halogens is 1. The lowest BCUT2D eigenvalue weighted by Gasteiger charge is -2.03. The molecule has 0 atom stereocenters. The number of nitrogens with zero attached hydrogens (tertiary/aromatic N) is 1. The summed E-state index contributed by atoms with van der Waals surface area (Å²) in [4.78, 5) is 26.0. The number of hydrogen-bond donors (Lipinski definition) is 0. The van der Waals surface area contributed by atoms with Crippen molar-refractivity contribution in [2.75, 3.05) is 7.11 Å². The van der Waals surface area contributed by atoms with Crippen LogP contribution < -0.4 is 0 Å². The van der Waals surface area contributed by atoms with Crippen molar-refractivity contribution in [1.82, 2.24) is 4.98 Å². The lowest BCUT2D eigenvalue weighted by atomic mass is 10.2. The molecule has 0 saturated heterocycles. The number of carbonyl (C=O) groups is 2. The zero-order chi connectivity index (χ0) is 10.7. The van der Waals surface area contributed by atoms with Gasteiger partial charge in [-0.1, -0.05) is 0 Å². The number of pyridine rings is 1. The van der Waals surface area contributed by atoms with Gasteiger partial charge in [-0.25, -0.2) is 9.78 Å². The van der Waals surface area contributed by atoms with E-state index in [9.17, 15) is 9.59 Å². The number of rotatable bonds is 2. The minimum absolute atomic E-state index is 0.0486. The van der Waals surface area contributed by atoms with Crippen LogP contribution in [0.1, 0.15) is 26.5 Å². The fourth-order valence-corrected chi connectivity index (χ4v) is 1.12. The topological polar surface area (TPSA) is 56.3 Å². The molecule has 0 aliphatic heterocycles. The first-order valence-corrected chi connectivity index (χ1v) is 4.20. The second-order valence-corrected chi connectivity index (χ2v) is 2.96. The Kier molecular flexibility index (Phi) is 3.19. The standard InChI is InChI=1S/C9H8ClNO3/c1-5-3-4-6(8(10)12)7(11-5)9(13)14-2/h3-4H,1-2H3. The van der Waals surface area contributed by atoms with Gasteiger partial charge >= 0.3 is 5.97 Å². The second kappa shape index (κ2) is 4.19. The molecule has 1 aromatic rings. The van der Waals surface area contributed by atoms with Gasteiger partial charge in [-0.3, -0.25) is 4.79 Å². The first-order valence-electron chi connectivity index (χ1n) is 3.82. The van der Waals surface area contributed by atoms with Gasteiger partial charge in [0.05, 0.1) is 12.7 Å². The number of carbonyl (C=O) groups excluding carboxylic acids is 2. The molecule has 0 spiro atoms. The highest BCUT2D eigenvalue weighted by atomic mass is 35.5. The third kappa shape index (κ3) is 2.09. The van der Waals surface area contributed by atoms with E-state index in [0.29, 0.717) is 5.69 Å². The van der Waals surface area contributed by atoms with Crippen LogP contribution in [0.2, 0.25) is 0 Å². The molecule has 0 N–H and O–H groups in total. The highest BCUT2D eigenvalue weighted by Gasteiger charge is 2.17. The van der Waals surface area contributed by atoms with Crippen molar-refractivity contribution in [3.63, 3.8) is 0 Å². The molecule has 0 saturated carbocycles. The summed E-state index contributed by atoms with van der Waals surface area (Å²) < 4.78 is 4.47. The molecular weight excluding hydrogens is 206 g/mol. The van der Waals surface area contributed by atoms with Crippen LogP contribution in [-0.2, 0) is 4.74 Å². The predicted molar refractivity (Wildman–Crippen MR) is 50.5 cm³/mol. The molecular formula is C9H8ClNO3. The van der Waals surface area contributed by atoms with E-state index in [-0.39, 0.29) is 11.3 Å². The zero-order valence-corrected chi connectivity index (χ0v) is 8.46. The van der Waals surface area contributed by atoms with Gasteiger partial charge in [-0.15, -0.1) is 0 Å². The van der Waals surface area contributed by atoms with Crippen molar-refractivity contribution in [1.29, 1.82) is 0 Å². The molecule has 0 aliphatic rings. The largest absolute Gasteiger partial charge is 0.464 e. The number of esters is 1. The molecule has 1 rings (SSSR count). The molecule has 0 amide bonds. The van der Waals surface area contributed by atoms with E-state index in [1.807, 2.05) is 0 Å². The molecule has 0 bridgehead atoms. The summed E-state index contributed by atoms with van der Waals surface area (Å²) in [6.45, 7) is 1.70. The second-order valence-electron chi connectivity index (χ2n) is 2.61. The number of methoxy groups -OCH3 is 1. The quantitative estimate of drug-likeness (QED) is 0.553. The third-order valence-corrected chi connectivity index (χ3v) is 1.83. The van der Waals surface area contributed by atoms with E-state index >= 15 is 0 Å². The summed E-state index contributed by atoms with van der Waals surface area (Å²) in [6.07, 6.45) is 0. The number of ether oxygens (including phenoxy) is 1. The van der Waals surface area contributed by atoms with Crippen molar-refractivity contribution >= 4 is 22.8 Å². The average molecular weight is 214 g/mol. The van der Waals surface area contributed by atoms with Crippen LogP contribution in [0.4, 0.5) is 0 Å². The summed E-state index contributed by atoms with van der Waals surface area (Å²) >= 11 is 5.28. The van der Waals surface area contributed by atoms with E-state index in [2.05, 4.69) is 9.72 Å². The van der Waals surface area contributed by atoms with Crippen LogP contribution in [0.3, 0.4) is 0 Å². The minimum atomic E-state index is -0.724. The Morgan fingerprint density at radius 3 is 2.57 bits per heavy atom. The molecule has 5 heteroatoms. The average Bonchev–Trinajstić information content (AvgIpc) is 2.16. The Bertz CT molecular complexity index is 390. The maximum Gasteiger partial charge on any atom is 0.357 e. The van der Waals surface area contributed by atoms with Gasteiger partial charge < -0.3 is 4.74 Å². The summed E-state index contributed by atoms with van der Waals surface area (Å²) in [5.74, 6) is -0.669. The van der Waals surface area contributed by atoms with Crippen LogP contribution in [0, 0.1) is 6.92 Å². The van der Waals surface area contributed by atoms with E-state index in [1.54, 1.807) is 13.0 Å². The first kappa shape index (κ1) is 10.7. The molecule has 0 radical (unpaired) electrons. The molecule has 1 heterocycles. The normalized spacial score (nSPS) is 9.64. The van der Waals surface area contributed by atoms with Gasteiger partial charge in [-0.05, 0) is 30.7 Å². The van der Waals surface area contributed by atoms with Crippen molar-refractivity contribution in [2.45, 2.75) is 6.92 Å². The van der Waals surface area contributed by atoms with Gasteiger partial charge in [-0.2, -0.15) is 0 Å². The smallest absolute Gasteiger partial charge is 0.357 e. The Hall–Kier alpha value is -1.42. The first-order chi connectivity index (χ1) is 6.56. The Morgan fingerprint density at radius 2 is 2.07 bits per heavy atom. The lowest BCUT2D eigenvalue weighted by molar-refractivity contribution is 0.0591. The van der Waals surface area contributed by atoms with Crippen molar-refractivity contribution in [3.05, 3.63) is 29.1 Å². The third-order valence-electron chi connectivity index (χ3n) is 1.62. The Morgan fingerprint density at radius 1 is 1.43 bits per heavy atom. The fraction of sp³-hybridized carbons (Fsp3) is 0.222. The molecule has 0 aliphatic carbocycles. The highest BCUT2D eigenvalue weighted by Crippen LogP contribution is 2.11. The summed E-state index contributed by atoms with van der Waals surface area (Å²) in [7, 11) is 1.22. The van der Waals surface area contributed by atoms with Gasteiger partial charge in [0.25, 0.3) is 5.24 Å². The molecule has 14 heavy (non-hydrogen) atoms. The Balaban J connectivity index is 3.29. The van der Waals surface area contributed by atoms with Crippen LogP contribution >= 0.6 is 11.6 Å². The van der Waals surface area contributed by atoms with E-state index in [4.69, 9.17) is 11.6 Å². The number of aromatic nitrogens is 1. The van der Waals surface area contributed by atoms with Gasteiger partial charge in [0, 0.05) is 5.69 Å². The summed E-state index contributed by atoms with van der Waals surface area (Å²) in [6, 6.07) is 3.05. The molecule has 0 unspecified atom stereocenters. The molecule has 0 aromatic carbocycles. The summed E-state index contributed by atoms with van der Waals surface area (Å²) in [5, 5.41) is -0.724. The maximum absolute atomic E-state index is 11.2. The molecule has 74 valence electrons. The van der Waals surface area contributed by atoms with Gasteiger partial charge in [0.2, 0.25) is 0 Å². The highest BCUT2D eigenvalue weighted by molar-refractivity contribution is 6.68. The molecule has 0 fully saturated rings. The van der Waals surface area contributed by atoms with Crippen molar-refractivity contribution in [2.24, 2.45) is 0 Å². The minimum Gasteiger partial charge on any atom is -0.464 e. The van der Waals surface area contributed by atoms with E-state index in [0.717, 1.165) is 0 Å². The monoisotopic (exact) mass is 213 g/mol. The zero-order valence-electron chi connectivity index (χ0n) is 7.70. The van der Waals surface area contributed by atoms with Crippen LogP contribution in [0.5, 0.6) is 0 Å². The SMILES string of the molecule is COC(=O)c1nc(C)ccc1C(=O)Cl. The molecule has 1 aromatic heterocycles. The van der Waals surface area contributed by atoms with Crippen LogP contribution in [0.15, 0.2) is 12.1 Å². The van der Waals surface area contributed by atoms with Crippen LogP contribution in [0.25, 0.3) is 0 Å². The van der Waals surface area contributed by atoms with Gasteiger partial charge in [0.15, 0.2) is 5.69 Å². The Labute approximate surface area is 85.9 Å². The van der Waals surface area contributed by atoms with Crippen LogP contribution in [-0.4, -0.2) is 23.3 Å². The summed E-state index contributed by atoms with van der Waals surface area (Å²) in [5.41, 5.74) is 0.628. The molecule has 4 nitrogen and oxygen atoms in total. The number of aryl methyl sites for hydroxylation is 1. The fourth-order valence-electron chi connectivity index (χ4n) is 0.968. The van der Waals surface area contributed by atoms with Gasteiger partial charge in [0.1, 0.15) is 0 Å².